The van der Waals surface area contributed by atoms with Crippen molar-refractivity contribution in [3.05, 3.63) is 26.9 Å². The zero-order valence-electron chi connectivity index (χ0n) is 10.3. The summed E-state index contributed by atoms with van der Waals surface area (Å²) >= 11 is 3.16. The summed E-state index contributed by atoms with van der Waals surface area (Å²) in [4.78, 5) is 14.4. The van der Waals surface area contributed by atoms with Gasteiger partial charge in [-0.3, -0.25) is 10.1 Å². The minimum Gasteiger partial charge on any atom is -0.469 e. The van der Waals surface area contributed by atoms with Gasteiger partial charge in [0.15, 0.2) is 0 Å². The number of hydrogen-bond donors (Lipinski definition) is 1. The summed E-state index contributed by atoms with van der Waals surface area (Å²) in [7, 11) is 0. The summed E-state index contributed by atoms with van der Waals surface area (Å²) < 4.78 is 6.19. The van der Waals surface area contributed by atoms with Crippen molar-refractivity contribution in [2.24, 2.45) is 5.92 Å². The minimum atomic E-state index is -0.494. The molecule has 1 saturated carbocycles. The molecule has 0 bridgehead atoms. The number of aliphatic hydroxyl groups is 1. The molecule has 0 aliphatic heterocycles. The van der Waals surface area contributed by atoms with Gasteiger partial charge in [-0.2, -0.15) is 0 Å². The fourth-order valence-corrected chi connectivity index (χ4v) is 2.55. The lowest BCUT2D eigenvalue weighted by molar-refractivity contribution is -0.386. The van der Waals surface area contributed by atoms with Crippen molar-refractivity contribution in [1.29, 1.82) is 0 Å². The Morgan fingerprint density at radius 1 is 1.47 bits per heavy atom. The molecule has 1 aromatic heterocycles. The second kappa shape index (κ2) is 6.29. The Balaban J connectivity index is 2.05. The largest absolute Gasteiger partial charge is 0.469 e. The summed E-state index contributed by atoms with van der Waals surface area (Å²) in [6.07, 6.45) is 4.77. The van der Waals surface area contributed by atoms with Crippen molar-refractivity contribution in [3.63, 3.8) is 0 Å². The Labute approximate surface area is 119 Å². The van der Waals surface area contributed by atoms with Gasteiger partial charge >= 0.3 is 5.69 Å². The Hall–Kier alpha value is -1.21. The van der Waals surface area contributed by atoms with Crippen molar-refractivity contribution in [1.82, 2.24) is 4.98 Å². The van der Waals surface area contributed by atoms with Gasteiger partial charge in [0.1, 0.15) is 6.10 Å². The Morgan fingerprint density at radius 3 is 2.74 bits per heavy atom. The minimum absolute atomic E-state index is 0.0600. The zero-order valence-corrected chi connectivity index (χ0v) is 11.9. The number of rotatable bonds is 4. The first-order valence-corrected chi connectivity index (χ1v) is 6.97. The SMILES string of the molecule is O=[N+]([O-])c1cc(Br)cnc1OC1CCC(CO)CC1. The molecule has 0 atom stereocenters. The van der Waals surface area contributed by atoms with Gasteiger partial charge in [-0.1, -0.05) is 0 Å². The second-order valence-corrected chi connectivity index (χ2v) is 5.59. The molecule has 0 radical (unpaired) electrons. The maximum Gasteiger partial charge on any atom is 0.332 e. The lowest BCUT2D eigenvalue weighted by Gasteiger charge is -2.27. The number of hydrogen-bond acceptors (Lipinski definition) is 5. The third-order valence-electron chi connectivity index (χ3n) is 3.33. The van der Waals surface area contributed by atoms with Crippen LogP contribution in [0.5, 0.6) is 5.88 Å². The van der Waals surface area contributed by atoms with E-state index in [1.54, 1.807) is 0 Å². The van der Waals surface area contributed by atoms with E-state index < -0.39 is 4.92 Å². The number of aliphatic hydroxyl groups excluding tert-OH is 1. The maximum absolute atomic E-state index is 10.9. The third-order valence-corrected chi connectivity index (χ3v) is 3.76. The quantitative estimate of drug-likeness (QED) is 0.677. The van der Waals surface area contributed by atoms with Crippen LogP contribution < -0.4 is 4.74 Å². The molecule has 1 aliphatic carbocycles. The number of nitro groups is 1. The molecule has 0 aromatic carbocycles. The van der Waals surface area contributed by atoms with E-state index in [9.17, 15) is 10.1 Å². The van der Waals surface area contributed by atoms with Crippen LogP contribution >= 0.6 is 15.9 Å². The number of aromatic nitrogens is 1. The van der Waals surface area contributed by atoms with E-state index in [0.717, 1.165) is 25.7 Å². The van der Waals surface area contributed by atoms with Gasteiger partial charge in [0.05, 0.1) is 4.92 Å². The normalized spacial score (nSPS) is 23.1. The molecule has 0 saturated heterocycles. The average molecular weight is 331 g/mol. The first kappa shape index (κ1) is 14.2. The summed E-state index contributed by atoms with van der Waals surface area (Å²) in [5.41, 5.74) is -0.126. The predicted molar refractivity (Wildman–Crippen MR) is 72.1 cm³/mol. The first-order chi connectivity index (χ1) is 9.10. The fraction of sp³-hybridized carbons (Fsp3) is 0.583. The Morgan fingerprint density at radius 2 is 2.16 bits per heavy atom. The van der Waals surface area contributed by atoms with Crippen LogP contribution in [-0.4, -0.2) is 27.7 Å². The van der Waals surface area contributed by atoms with Crippen LogP contribution in [0.2, 0.25) is 0 Å². The van der Waals surface area contributed by atoms with E-state index in [0.29, 0.717) is 10.4 Å². The molecule has 1 N–H and O–H groups in total. The van der Waals surface area contributed by atoms with Crippen molar-refractivity contribution in [3.8, 4) is 5.88 Å². The Kier molecular flexibility index (Phi) is 4.71. The smallest absolute Gasteiger partial charge is 0.332 e. The maximum atomic E-state index is 10.9. The lowest BCUT2D eigenvalue weighted by atomic mass is 9.88. The lowest BCUT2D eigenvalue weighted by Crippen LogP contribution is -2.26. The highest BCUT2D eigenvalue weighted by Gasteiger charge is 2.25. The summed E-state index contributed by atoms with van der Waals surface area (Å²) in [6, 6.07) is 1.39. The van der Waals surface area contributed by atoms with Crippen LogP contribution in [-0.2, 0) is 0 Å². The number of nitrogens with zero attached hydrogens (tertiary/aromatic N) is 2. The van der Waals surface area contributed by atoms with E-state index in [2.05, 4.69) is 20.9 Å². The number of halogens is 1. The van der Waals surface area contributed by atoms with Gasteiger partial charge in [-0.15, -0.1) is 0 Å². The molecule has 1 aromatic rings. The molecule has 104 valence electrons. The first-order valence-electron chi connectivity index (χ1n) is 6.17. The molecule has 1 aliphatic rings. The van der Waals surface area contributed by atoms with Crippen LogP contribution in [0.25, 0.3) is 0 Å². The summed E-state index contributed by atoms with van der Waals surface area (Å²) in [5.74, 6) is 0.397. The van der Waals surface area contributed by atoms with Crippen LogP contribution in [0.4, 0.5) is 5.69 Å². The molecular formula is C12H15BrN2O4. The molecule has 0 spiro atoms. The molecule has 0 amide bonds. The monoisotopic (exact) mass is 330 g/mol. The molecule has 7 heteroatoms. The van der Waals surface area contributed by atoms with Crippen LogP contribution in [0.1, 0.15) is 25.7 Å². The van der Waals surface area contributed by atoms with Crippen LogP contribution in [0.15, 0.2) is 16.7 Å². The van der Waals surface area contributed by atoms with Crippen LogP contribution in [0.3, 0.4) is 0 Å². The van der Waals surface area contributed by atoms with E-state index in [4.69, 9.17) is 9.84 Å². The van der Waals surface area contributed by atoms with Crippen molar-refractivity contribution >= 4 is 21.6 Å². The van der Waals surface area contributed by atoms with Crippen molar-refractivity contribution in [2.45, 2.75) is 31.8 Å². The summed E-state index contributed by atoms with van der Waals surface area (Å²) in [6.45, 7) is 0.198. The van der Waals surface area contributed by atoms with Gasteiger partial charge in [-0.25, -0.2) is 4.98 Å². The Bertz CT molecular complexity index is 461. The van der Waals surface area contributed by atoms with Gasteiger partial charge in [-0.05, 0) is 47.5 Å². The fourth-order valence-electron chi connectivity index (χ4n) is 2.23. The van der Waals surface area contributed by atoms with Crippen molar-refractivity contribution < 1.29 is 14.8 Å². The topological polar surface area (TPSA) is 85.5 Å². The zero-order chi connectivity index (χ0) is 13.8. The highest BCUT2D eigenvalue weighted by Crippen LogP contribution is 2.32. The van der Waals surface area contributed by atoms with Gasteiger partial charge < -0.3 is 9.84 Å². The molecule has 2 rings (SSSR count). The highest BCUT2D eigenvalue weighted by atomic mass is 79.9. The van der Waals surface area contributed by atoms with Gasteiger partial charge in [0.2, 0.25) is 0 Å². The van der Waals surface area contributed by atoms with E-state index >= 15 is 0 Å². The number of ether oxygens (including phenoxy) is 1. The van der Waals surface area contributed by atoms with E-state index in [1.807, 2.05) is 0 Å². The molecule has 6 nitrogen and oxygen atoms in total. The van der Waals surface area contributed by atoms with Crippen LogP contribution in [0, 0.1) is 16.0 Å². The second-order valence-electron chi connectivity index (χ2n) is 4.68. The summed E-state index contributed by atoms with van der Waals surface area (Å²) in [5, 5.41) is 20.0. The molecule has 19 heavy (non-hydrogen) atoms. The number of pyridine rings is 1. The molecule has 1 heterocycles. The van der Waals surface area contributed by atoms with E-state index in [-0.39, 0.29) is 24.3 Å². The van der Waals surface area contributed by atoms with Gasteiger partial charge in [0, 0.05) is 23.3 Å². The molecular weight excluding hydrogens is 316 g/mol. The molecule has 0 unspecified atom stereocenters. The predicted octanol–water partition coefficient (Wildman–Crippen LogP) is 2.68. The molecule has 1 fully saturated rings. The standard InChI is InChI=1S/C12H15BrN2O4/c13-9-5-11(15(17)18)12(14-6-9)19-10-3-1-8(7-16)2-4-10/h5-6,8,10,16H,1-4,7H2. The van der Waals surface area contributed by atoms with Crippen molar-refractivity contribution in [2.75, 3.05) is 6.61 Å². The average Bonchev–Trinajstić information content (AvgIpc) is 2.41. The highest BCUT2D eigenvalue weighted by molar-refractivity contribution is 9.10. The van der Waals surface area contributed by atoms with Gasteiger partial charge in [0.25, 0.3) is 5.88 Å². The van der Waals surface area contributed by atoms with E-state index in [1.165, 1.54) is 12.3 Å². The third kappa shape index (κ3) is 3.63.